The van der Waals surface area contributed by atoms with Crippen LogP contribution in [0.15, 0.2) is 65.6 Å². The Kier molecular flexibility index (Phi) is 9.38. The highest BCUT2D eigenvalue weighted by molar-refractivity contribution is 7.90. The second-order valence-electron chi connectivity index (χ2n) is 12.0. The summed E-state index contributed by atoms with van der Waals surface area (Å²) in [4.78, 5) is 28.7. The quantitative estimate of drug-likeness (QED) is 0.162. The molecule has 0 aliphatic heterocycles. The van der Waals surface area contributed by atoms with Gasteiger partial charge in [-0.3, -0.25) is 4.57 Å². The van der Waals surface area contributed by atoms with Crippen LogP contribution in [0.3, 0.4) is 0 Å². The Hall–Kier alpha value is -4.30. The van der Waals surface area contributed by atoms with Crippen molar-refractivity contribution in [3.05, 3.63) is 88.2 Å². The summed E-state index contributed by atoms with van der Waals surface area (Å²) in [6.07, 6.45) is -5.76. The maximum absolute atomic E-state index is 13.7. The van der Waals surface area contributed by atoms with Crippen molar-refractivity contribution in [3.8, 4) is 5.69 Å². The van der Waals surface area contributed by atoms with Crippen molar-refractivity contribution in [2.24, 2.45) is 5.41 Å². The number of nitrogens with zero attached hydrogens (tertiary/aromatic N) is 2. The lowest BCUT2D eigenvalue weighted by molar-refractivity contribution is -0.137. The average Bonchev–Trinajstić information content (AvgIpc) is 3.30. The highest BCUT2D eigenvalue weighted by atomic mass is 35.5. The summed E-state index contributed by atoms with van der Waals surface area (Å²) in [5.74, 6) is 0.147. The number of carbonyl (C=O) groups excluding carboxylic acids is 1. The second-order valence-corrected chi connectivity index (χ2v) is 14.1. The zero-order valence-electron chi connectivity index (χ0n) is 25.6. The Morgan fingerprint density at radius 2 is 1.59 bits per heavy atom. The van der Waals surface area contributed by atoms with E-state index in [2.05, 4.69) is 15.6 Å². The molecule has 10 nitrogen and oxygen atoms in total. The number of aryl methyl sites for hydroxylation is 1. The van der Waals surface area contributed by atoms with Crippen molar-refractivity contribution in [1.29, 1.82) is 0 Å². The van der Waals surface area contributed by atoms with Crippen molar-refractivity contribution in [1.82, 2.24) is 24.9 Å². The molecule has 4 N–H and O–H groups in total. The number of benzene rings is 3. The van der Waals surface area contributed by atoms with Crippen LogP contribution in [0, 0.1) is 12.3 Å². The highest BCUT2D eigenvalue weighted by Crippen LogP contribution is 2.43. The molecule has 0 saturated carbocycles. The zero-order valence-corrected chi connectivity index (χ0v) is 27.2. The molecule has 0 radical (unpaired) electrons. The summed E-state index contributed by atoms with van der Waals surface area (Å²) >= 11 is 6.09. The predicted octanol–water partition coefficient (Wildman–Crippen LogP) is 6.77. The van der Waals surface area contributed by atoms with Crippen LogP contribution in [0.5, 0.6) is 0 Å². The molecule has 1 atom stereocenters. The van der Waals surface area contributed by atoms with Gasteiger partial charge in [-0.2, -0.15) is 13.2 Å². The average molecular weight is 680 g/mol. The van der Waals surface area contributed by atoms with E-state index in [1.54, 1.807) is 68.7 Å². The van der Waals surface area contributed by atoms with Crippen LogP contribution in [0.4, 0.5) is 22.8 Å². The Balaban J connectivity index is 1.63. The predicted molar refractivity (Wildman–Crippen MR) is 168 cm³/mol. The van der Waals surface area contributed by atoms with E-state index >= 15 is 0 Å². The molecule has 0 fully saturated rings. The van der Waals surface area contributed by atoms with Gasteiger partial charge in [-0.1, -0.05) is 62.2 Å². The van der Waals surface area contributed by atoms with Gasteiger partial charge in [-0.25, -0.2) is 27.7 Å². The van der Waals surface area contributed by atoms with Crippen molar-refractivity contribution >= 4 is 44.8 Å². The normalized spacial score (nSPS) is 13.7. The number of alkyl halides is 3. The summed E-state index contributed by atoms with van der Waals surface area (Å²) < 4.78 is 69.6. The van der Waals surface area contributed by atoms with E-state index in [9.17, 15) is 36.3 Å². The topological polar surface area (TPSA) is 142 Å². The molecule has 1 heterocycles. The summed E-state index contributed by atoms with van der Waals surface area (Å²) in [6.45, 7) is 8.84. The number of halogens is 4. The largest absolute Gasteiger partial charge is 0.465 e. The molecule has 0 spiro atoms. The number of hydrogen-bond acceptors (Lipinski definition) is 5. The summed E-state index contributed by atoms with van der Waals surface area (Å²) in [6, 6.07) is 13.9. The number of urea groups is 1. The lowest BCUT2D eigenvalue weighted by Gasteiger charge is -2.41. The van der Waals surface area contributed by atoms with Gasteiger partial charge in [0.2, 0.25) is 0 Å². The number of imidazole rings is 1. The maximum Gasteiger partial charge on any atom is 0.417 e. The SMILES string of the molecule is Cc1ccc(S(=O)(=O)NC(=O)NCCc2ccc(-n3c(C(C)(NC(=O)O)C(C)(C)C)nc4cc(C(F)(F)F)c(Cl)cc43)cc2)cc1. The number of rotatable bonds is 8. The Bertz CT molecular complexity index is 1890. The third-order valence-electron chi connectivity index (χ3n) is 7.80. The molecule has 0 saturated heterocycles. The number of carbonyl (C=O) groups is 2. The van der Waals surface area contributed by atoms with E-state index in [1.165, 1.54) is 12.1 Å². The fourth-order valence-electron chi connectivity index (χ4n) is 4.77. The third-order valence-corrected chi connectivity index (χ3v) is 9.46. The minimum Gasteiger partial charge on any atom is -0.465 e. The Labute approximate surface area is 269 Å². The molecule has 15 heteroatoms. The number of sulfonamides is 1. The number of fused-ring (bicyclic) bond motifs is 1. The van der Waals surface area contributed by atoms with Crippen LogP contribution < -0.4 is 15.4 Å². The van der Waals surface area contributed by atoms with Gasteiger partial charge in [-0.15, -0.1) is 0 Å². The van der Waals surface area contributed by atoms with Crippen molar-refractivity contribution in [2.45, 2.75) is 57.7 Å². The van der Waals surface area contributed by atoms with Crippen LogP contribution in [0.25, 0.3) is 16.7 Å². The molecule has 4 aromatic rings. The van der Waals surface area contributed by atoms with Crippen molar-refractivity contribution < 1.29 is 36.3 Å². The van der Waals surface area contributed by atoms with Crippen molar-refractivity contribution in [3.63, 3.8) is 0 Å². The molecule has 0 aliphatic carbocycles. The van der Waals surface area contributed by atoms with E-state index in [0.717, 1.165) is 23.3 Å². The third kappa shape index (κ3) is 7.23. The molecular formula is C31H33ClF3N5O5S. The first-order valence-electron chi connectivity index (χ1n) is 14.0. The van der Waals surface area contributed by atoms with Gasteiger partial charge in [0.25, 0.3) is 10.0 Å². The molecule has 0 bridgehead atoms. The van der Waals surface area contributed by atoms with Gasteiger partial charge in [0, 0.05) is 12.2 Å². The smallest absolute Gasteiger partial charge is 0.417 e. The number of nitrogens with one attached hydrogen (secondary N) is 3. The highest BCUT2D eigenvalue weighted by Gasteiger charge is 2.45. The van der Waals surface area contributed by atoms with Gasteiger partial charge in [0.05, 0.1) is 26.5 Å². The Morgan fingerprint density at radius 3 is 2.13 bits per heavy atom. The first-order chi connectivity index (χ1) is 21.2. The van der Waals surface area contributed by atoms with Crippen LogP contribution in [0.2, 0.25) is 5.02 Å². The number of carboxylic acid groups (broad SMARTS) is 1. The summed E-state index contributed by atoms with van der Waals surface area (Å²) in [5, 5.41) is 14.2. The van der Waals surface area contributed by atoms with E-state index in [1.807, 2.05) is 11.6 Å². The van der Waals surface area contributed by atoms with Gasteiger partial charge in [-0.05, 0) is 67.6 Å². The number of amides is 3. The summed E-state index contributed by atoms with van der Waals surface area (Å²) in [7, 11) is -4.05. The first-order valence-corrected chi connectivity index (χ1v) is 15.9. The van der Waals surface area contributed by atoms with Crippen LogP contribution >= 0.6 is 11.6 Å². The maximum atomic E-state index is 13.7. The molecule has 1 aromatic heterocycles. The van der Waals surface area contributed by atoms with E-state index in [-0.39, 0.29) is 28.3 Å². The van der Waals surface area contributed by atoms with E-state index < -0.39 is 49.9 Å². The lowest BCUT2D eigenvalue weighted by atomic mass is 9.74. The monoisotopic (exact) mass is 679 g/mol. The van der Waals surface area contributed by atoms with Gasteiger partial charge >= 0.3 is 18.3 Å². The second kappa shape index (κ2) is 12.5. The Morgan fingerprint density at radius 1 is 0.978 bits per heavy atom. The minimum absolute atomic E-state index is 0.0331. The molecule has 3 aromatic carbocycles. The molecule has 246 valence electrons. The fraction of sp³-hybridized carbons (Fsp3) is 0.323. The molecule has 1 unspecified atom stereocenters. The molecular weight excluding hydrogens is 647 g/mol. The number of aromatic nitrogens is 2. The number of hydrogen-bond donors (Lipinski definition) is 4. The molecule has 46 heavy (non-hydrogen) atoms. The lowest BCUT2D eigenvalue weighted by Crippen LogP contribution is -2.53. The van der Waals surface area contributed by atoms with Crippen LogP contribution in [-0.2, 0) is 28.2 Å². The first kappa shape index (κ1) is 34.6. The summed E-state index contributed by atoms with van der Waals surface area (Å²) in [5.41, 5.74) is -0.958. The standard InChI is InChI=1S/C31H33ClF3N5O5S/c1-18-6-12-21(13-7-18)46(44,45)39-27(41)36-15-14-19-8-10-20(11-9-19)40-25-17-23(32)22(31(33,34)35)16-24(25)37-26(40)30(5,29(2,3)4)38-28(42)43/h6-13,16-17,38H,14-15H2,1-5H3,(H,42,43)(H2,36,39,41). The molecule has 3 amide bonds. The minimum atomic E-state index is -4.74. The zero-order chi connectivity index (χ0) is 34.2. The van der Waals surface area contributed by atoms with Crippen LogP contribution in [0.1, 0.15) is 50.2 Å². The van der Waals surface area contributed by atoms with Gasteiger partial charge < -0.3 is 15.7 Å². The molecule has 4 rings (SSSR count). The van der Waals surface area contributed by atoms with Crippen molar-refractivity contribution in [2.75, 3.05) is 6.54 Å². The van der Waals surface area contributed by atoms with E-state index in [4.69, 9.17) is 11.6 Å². The fourth-order valence-corrected chi connectivity index (χ4v) is 5.96. The van der Waals surface area contributed by atoms with Gasteiger partial charge in [0.1, 0.15) is 11.4 Å². The van der Waals surface area contributed by atoms with Crippen LogP contribution in [-0.4, -0.2) is 41.7 Å². The molecule has 0 aliphatic rings. The van der Waals surface area contributed by atoms with Gasteiger partial charge in [0.15, 0.2) is 0 Å². The van der Waals surface area contributed by atoms with E-state index in [0.29, 0.717) is 12.1 Å².